The van der Waals surface area contributed by atoms with Crippen molar-refractivity contribution in [2.45, 2.75) is 57.9 Å². The molecule has 39 heavy (non-hydrogen) atoms. The second kappa shape index (κ2) is 23.2. The van der Waals surface area contributed by atoms with Crippen LogP contribution in [0.5, 0.6) is 0 Å². The van der Waals surface area contributed by atoms with Crippen molar-refractivity contribution in [1.82, 2.24) is 20.6 Å². The van der Waals surface area contributed by atoms with E-state index in [4.69, 9.17) is 24.7 Å². The first kappa shape index (κ1) is 34.3. The average Bonchev–Trinajstić information content (AvgIpc) is 3.44. The monoisotopic (exact) mass is 555 g/mol. The number of ketones is 2. The molecule has 5 N–H and O–H groups in total. The van der Waals surface area contributed by atoms with Gasteiger partial charge >= 0.3 is 0 Å². The summed E-state index contributed by atoms with van der Waals surface area (Å²) in [5.41, 5.74) is 6.32. The number of ether oxygens (including phenoxy) is 4. The van der Waals surface area contributed by atoms with E-state index < -0.39 is 11.9 Å². The largest absolute Gasteiger partial charge is 0.379 e. The van der Waals surface area contributed by atoms with Crippen molar-refractivity contribution in [3.05, 3.63) is 18.2 Å². The van der Waals surface area contributed by atoms with E-state index in [1.54, 1.807) is 12.5 Å². The number of carbonyl (C=O) groups is 4. The summed E-state index contributed by atoms with van der Waals surface area (Å²) < 4.78 is 21.0. The quantitative estimate of drug-likeness (QED) is 0.108. The van der Waals surface area contributed by atoms with Crippen LogP contribution in [0.3, 0.4) is 0 Å². The van der Waals surface area contributed by atoms with Crippen LogP contribution in [-0.4, -0.2) is 105 Å². The predicted molar refractivity (Wildman–Crippen MR) is 143 cm³/mol. The average molecular weight is 556 g/mol. The van der Waals surface area contributed by atoms with E-state index in [9.17, 15) is 19.2 Å². The van der Waals surface area contributed by atoms with Gasteiger partial charge in [-0.25, -0.2) is 4.98 Å². The number of primary amides is 1. The summed E-state index contributed by atoms with van der Waals surface area (Å²) in [4.78, 5) is 54.1. The van der Waals surface area contributed by atoms with Gasteiger partial charge in [0.25, 0.3) is 0 Å². The van der Waals surface area contributed by atoms with Crippen molar-refractivity contribution >= 4 is 23.4 Å². The lowest BCUT2D eigenvalue weighted by molar-refractivity contribution is -0.127. The molecule has 0 unspecified atom stereocenters. The van der Waals surface area contributed by atoms with Crippen LogP contribution in [0, 0.1) is 0 Å². The van der Waals surface area contributed by atoms with E-state index >= 15 is 0 Å². The molecule has 2 amide bonds. The number of H-pyrrole nitrogens is 1. The highest BCUT2D eigenvalue weighted by Gasteiger charge is 2.16. The smallest absolute Gasteiger partial charge is 0.245 e. The van der Waals surface area contributed by atoms with Crippen molar-refractivity contribution in [3.63, 3.8) is 0 Å². The molecule has 0 fully saturated rings. The van der Waals surface area contributed by atoms with Gasteiger partial charge in [0.15, 0.2) is 5.78 Å². The Morgan fingerprint density at radius 3 is 2.38 bits per heavy atom. The van der Waals surface area contributed by atoms with Gasteiger partial charge < -0.3 is 35.0 Å². The Labute approximate surface area is 230 Å². The molecule has 0 aromatic carbocycles. The summed E-state index contributed by atoms with van der Waals surface area (Å²) in [5.74, 6) is -0.738. The fraction of sp³-hybridized carbons (Fsp3) is 0.731. The lowest BCUT2D eigenvalue weighted by atomic mass is 10.1. The normalized spacial score (nSPS) is 11.8. The fourth-order valence-corrected chi connectivity index (χ4v) is 3.39. The van der Waals surface area contributed by atoms with Crippen molar-refractivity contribution in [2.24, 2.45) is 5.73 Å². The summed E-state index contributed by atoms with van der Waals surface area (Å²) in [6.07, 6.45) is 6.91. The first-order valence-electron chi connectivity index (χ1n) is 13.5. The van der Waals surface area contributed by atoms with E-state index in [0.29, 0.717) is 84.5 Å². The summed E-state index contributed by atoms with van der Waals surface area (Å²) in [6.45, 7) is 4.98. The van der Waals surface area contributed by atoms with Gasteiger partial charge in [0.2, 0.25) is 11.8 Å². The summed E-state index contributed by atoms with van der Waals surface area (Å²) in [5, 5.41) is 5.68. The van der Waals surface area contributed by atoms with Gasteiger partial charge in [-0.05, 0) is 39.0 Å². The third-order valence-electron chi connectivity index (χ3n) is 5.55. The zero-order valence-electron chi connectivity index (χ0n) is 23.0. The molecule has 1 atom stereocenters. The Balaban J connectivity index is 1.95. The molecule has 0 saturated carbocycles. The van der Waals surface area contributed by atoms with Crippen LogP contribution in [0.1, 0.15) is 51.1 Å². The molecule has 1 aromatic heterocycles. The number of rotatable bonds is 27. The number of amides is 2. The third-order valence-corrected chi connectivity index (χ3v) is 5.55. The van der Waals surface area contributed by atoms with Gasteiger partial charge in [-0.2, -0.15) is 0 Å². The van der Waals surface area contributed by atoms with Crippen molar-refractivity contribution < 1.29 is 38.1 Å². The molecule has 0 radical (unpaired) electrons. The second-order valence-corrected chi connectivity index (χ2v) is 8.85. The molecule has 0 bridgehead atoms. The van der Waals surface area contributed by atoms with Gasteiger partial charge in [-0.15, -0.1) is 0 Å². The number of aromatic amines is 1. The number of imidazole rings is 1. The van der Waals surface area contributed by atoms with Crippen molar-refractivity contribution in [3.8, 4) is 0 Å². The Morgan fingerprint density at radius 2 is 1.67 bits per heavy atom. The number of hydrogen-bond acceptors (Lipinski definition) is 10. The molecule has 0 aliphatic rings. The fourth-order valence-electron chi connectivity index (χ4n) is 3.39. The highest BCUT2D eigenvalue weighted by atomic mass is 16.5. The Hall–Kier alpha value is -2.71. The first-order valence-corrected chi connectivity index (χ1v) is 13.5. The Morgan fingerprint density at radius 1 is 0.923 bits per heavy atom. The van der Waals surface area contributed by atoms with E-state index in [-0.39, 0.29) is 43.8 Å². The topological polar surface area (TPSA) is 184 Å². The Bertz CT molecular complexity index is 806. The van der Waals surface area contributed by atoms with Crippen LogP contribution in [0.2, 0.25) is 0 Å². The number of nitrogens with one attached hydrogen (secondary N) is 3. The lowest BCUT2D eigenvalue weighted by Crippen LogP contribution is -2.43. The van der Waals surface area contributed by atoms with Crippen molar-refractivity contribution in [2.75, 3.05) is 65.9 Å². The molecule has 0 spiro atoms. The molecule has 1 rings (SSSR count). The number of unbranched alkanes of at least 4 members (excludes halogenated alkanes) is 1. The third kappa shape index (κ3) is 19.9. The lowest BCUT2D eigenvalue weighted by Gasteiger charge is -2.15. The first-order chi connectivity index (χ1) is 18.9. The van der Waals surface area contributed by atoms with Gasteiger partial charge in [-0.1, -0.05) is 0 Å². The highest BCUT2D eigenvalue weighted by molar-refractivity contribution is 5.83. The molecule has 222 valence electrons. The van der Waals surface area contributed by atoms with Gasteiger partial charge in [-0.3, -0.25) is 24.5 Å². The molecule has 1 heterocycles. The molecular weight excluding hydrogens is 510 g/mol. The van der Waals surface area contributed by atoms with Crippen LogP contribution in [-0.2, 0) is 44.5 Å². The summed E-state index contributed by atoms with van der Waals surface area (Å²) in [7, 11) is 0. The molecule has 13 heteroatoms. The van der Waals surface area contributed by atoms with E-state index in [1.807, 2.05) is 6.92 Å². The van der Waals surface area contributed by atoms with Crippen LogP contribution in [0.15, 0.2) is 12.5 Å². The zero-order valence-corrected chi connectivity index (χ0v) is 23.0. The second-order valence-electron chi connectivity index (χ2n) is 8.85. The number of aromatic nitrogens is 2. The minimum Gasteiger partial charge on any atom is -0.379 e. The van der Waals surface area contributed by atoms with Crippen LogP contribution in [0.25, 0.3) is 0 Å². The molecule has 0 saturated heterocycles. The Kier molecular flexibility index (Phi) is 20.4. The number of nitrogens with zero attached hydrogens (tertiary/aromatic N) is 1. The number of hydrogen-bond donors (Lipinski definition) is 4. The minimum atomic E-state index is -0.600. The van der Waals surface area contributed by atoms with E-state index in [1.165, 1.54) is 0 Å². The maximum Gasteiger partial charge on any atom is 0.245 e. The number of Topliss-reactive ketones (excluding diaryl/α,β-unsaturated/α-hetero) is 2. The summed E-state index contributed by atoms with van der Waals surface area (Å²) in [6, 6.07) is -0.600. The number of aryl methyl sites for hydroxylation is 1. The van der Waals surface area contributed by atoms with Gasteiger partial charge in [0, 0.05) is 44.5 Å². The van der Waals surface area contributed by atoms with E-state index in [2.05, 4.69) is 20.6 Å². The molecule has 0 aliphatic heterocycles. The minimum absolute atomic E-state index is 0.0153. The molecule has 1 aromatic rings. The number of carbonyl (C=O) groups excluding carboxylic acids is 4. The molecule has 13 nitrogen and oxygen atoms in total. The maximum atomic E-state index is 12.0. The molecular formula is C26H45N5O8. The van der Waals surface area contributed by atoms with Gasteiger partial charge in [0.05, 0.1) is 45.3 Å². The zero-order chi connectivity index (χ0) is 28.6. The number of nitrogens with two attached hydrogens (primary N) is 1. The summed E-state index contributed by atoms with van der Waals surface area (Å²) >= 11 is 0. The highest BCUT2D eigenvalue weighted by Crippen LogP contribution is 2.02. The SMILES string of the molecule is CCOCCOCC(=O)CCCOCCOCC(=O)NCCCC[C@H](NCC(=O)CCc1cnc[nH]1)C(N)=O. The standard InChI is InChI=1S/C26H45N5O8/c1-2-36-12-14-38-18-23(33)6-5-11-37-13-15-39-19-25(34)29-10-4-3-7-24(26(27)35)30-17-22(32)9-8-21-16-28-20-31-21/h16,20,24,30H,2-15,17-19H2,1H3,(H2,27,35)(H,28,31)(H,29,34)/t24-/m0/s1. The van der Waals surface area contributed by atoms with Gasteiger partial charge in [0.1, 0.15) is 19.0 Å². The maximum absolute atomic E-state index is 12.0. The molecule has 0 aliphatic carbocycles. The van der Waals surface area contributed by atoms with Crippen LogP contribution < -0.4 is 16.4 Å². The van der Waals surface area contributed by atoms with E-state index in [0.717, 1.165) is 5.69 Å². The predicted octanol–water partition coefficient (Wildman–Crippen LogP) is 0.0770. The van der Waals surface area contributed by atoms with Crippen molar-refractivity contribution in [1.29, 1.82) is 0 Å². The van der Waals surface area contributed by atoms with Crippen LogP contribution >= 0.6 is 0 Å². The van der Waals surface area contributed by atoms with Crippen LogP contribution in [0.4, 0.5) is 0 Å².